The Labute approximate surface area is 59.7 Å². The minimum Gasteiger partial charge on any atom is -0.469 e. The topological polar surface area (TPSA) is 38.3 Å². The van der Waals surface area contributed by atoms with Crippen molar-refractivity contribution in [1.82, 2.24) is 5.32 Å². The molecule has 3 atom stereocenters. The second-order valence-electron chi connectivity index (χ2n) is 3.06. The monoisotopic (exact) mass is 141 g/mol. The zero-order chi connectivity index (χ0) is 7.14. The van der Waals surface area contributed by atoms with Gasteiger partial charge in [-0.1, -0.05) is 0 Å². The lowest BCUT2D eigenvalue weighted by molar-refractivity contribution is -0.150. The number of hydrogen-bond donors (Lipinski definition) is 1. The summed E-state index contributed by atoms with van der Waals surface area (Å²) in [6.45, 7) is 1.00. The molecule has 0 aromatic heterocycles. The van der Waals surface area contributed by atoms with E-state index in [1.54, 1.807) is 0 Å². The average molecular weight is 141 g/mol. The van der Waals surface area contributed by atoms with Gasteiger partial charge < -0.3 is 10.1 Å². The van der Waals surface area contributed by atoms with E-state index in [1.165, 1.54) is 13.5 Å². The fourth-order valence-electron chi connectivity index (χ4n) is 1.97. The van der Waals surface area contributed by atoms with Crippen LogP contribution in [0, 0.1) is 11.8 Å². The van der Waals surface area contributed by atoms with Crippen molar-refractivity contribution in [3.05, 3.63) is 0 Å². The molecular weight excluding hydrogens is 130 g/mol. The summed E-state index contributed by atoms with van der Waals surface area (Å²) in [4.78, 5) is 11.0. The van der Waals surface area contributed by atoms with Gasteiger partial charge in [0.05, 0.1) is 13.0 Å². The van der Waals surface area contributed by atoms with Crippen LogP contribution in [-0.4, -0.2) is 25.7 Å². The van der Waals surface area contributed by atoms with Crippen molar-refractivity contribution in [2.24, 2.45) is 11.8 Å². The summed E-state index contributed by atoms with van der Waals surface area (Å²) < 4.78 is 4.66. The van der Waals surface area contributed by atoms with E-state index >= 15 is 0 Å². The third-order valence-electron chi connectivity index (χ3n) is 2.61. The highest BCUT2D eigenvalue weighted by Crippen LogP contribution is 2.40. The molecule has 56 valence electrons. The first-order valence-electron chi connectivity index (χ1n) is 3.64. The van der Waals surface area contributed by atoms with Crippen LogP contribution in [0.4, 0.5) is 0 Å². The fourth-order valence-corrected chi connectivity index (χ4v) is 1.97. The minimum absolute atomic E-state index is 0.0359. The largest absolute Gasteiger partial charge is 0.469 e. The van der Waals surface area contributed by atoms with Gasteiger partial charge in [0.15, 0.2) is 0 Å². The van der Waals surface area contributed by atoms with Gasteiger partial charge in [-0.15, -0.1) is 0 Å². The first-order chi connectivity index (χ1) is 4.83. The molecule has 10 heavy (non-hydrogen) atoms. The number of esters is 1. The van der Waals surface area contributed by atoms with Gasteiger partial charge in [0.2, 0.25) is 0 Å². The highest BCUT2D eigenvalue weighted by Gasteiger charge is 2.51. The van der Waals surface area contributed by atoms with Crippen LogP contribution >= 0.6 is 0 Å². The number of hydrogen-bond acceptors (Lipinski definition) is 3. The second kappa shape index (κ2) is 1.95. The molecule has 3 heteroatoms. The molecule has 3 aliphatic rings. The van der Waals surface area contributed by atoms with Crippen molar-refractivity contribution >= 4 is 5.97 Å². The third-order valence-corrected chi connectivity index (χ3v) is 2.61. The summed E-state index contributed by atoms with van der Waals surface area (Å²) in [6, 6.07) is 0.428. The fraction of sp³-hybridized carbons (Fsp3) is 0.857. The van der Waals surface area contributed by atoms with Crippen molar-refractivity contribution in [3.63, 3.8) is 0 Å². The Hall–Kier alpha value is -0.570. The summed E-state index contributed by atoms with van der Waals surface area (Å²) >= 11 is 0. The molecule has 0 amide bonds. The predicted molar refractivity (Wildman–Crippen MR) is 35.4 cm³/mol. The highest BCUT2D eigenvalue weighted by molar-refractivity contribution is 5.75. The first-order valence-corrected chi connectivity index (χ1v) is 3.64. The zero-order valence-corrected chi connectivity index (χ0v) is 5.96. The first kappa shape index (κ1) is 6.16. The van der Waals surface area contributed by atoms with E-state index in [4.69, 9.17) is 0 Å². The molecule has 0 radical (unpaired) electrons. The van der Waals surface area contributed by atoms with Crippen molar-refractivity contribution in [3.8, 4) is 0 Å². The van der Waals surface area contributed by atoms with Crippen LogP contribution in [0.3, 0.4) is 0 Å². The number of nitrogens with one attached hydrogen (secondary N) is 1. The zero-order valence-electron chi connectivity index (χ0n) is 5.96. The van der Waals surface area contributed by atoms with Gasteiger partial charge in [-0.2, -0.15) is 0 Å². The molecule has 0 aromatic rings. The van der Waals surface area contributed by atoms with Crippen LogP contribution in [0.5, 0.6) is 0 Å². The number of fused-ring (bicyclic) bond motifs is 1. The van der Waals surface area contributed by atoms with Crippen molar-refractivity contribution in [2.45, 2.75) is 12.5 Å². The summed E-state index contributed by atoms with van der Waals surface area (Å²) in [5, 5.41) is 3.26. The molecule has 3 nitrogen and oxygen atoms in total. The molecule has 1 N–H and O–H groups in total. The molecule has 2 bridgehead atoms. The lowest BCUT2D eigenvalue weighted by Crippen LogP contribution is -2.42. The van der Waals surface area contributed by atoms with Gasteiger partial charge in [0.1, 0.15) is 0 Å². The van der Waals surface area contributed by atoms with E-state index in [1.807, 2.05) is 0 Å². The van der Waals surface area contributed by atoms with E-state index < -0.39 is 0 Å². The maximum absolute atomic E-state index is 11.0. The number of carbonyl (C=O) groups is 1. The van der Waals surface area contributed by atoms with Crippen LogP contribution in [0.25, 0.3) is 0 Å². The Bertz CT molecular complexity index is 155. The molecule has 1 aliphatic carbocycles. The number of methoxy groups -OCH3 is 1. The quantitative estimate of drug-likeness (QED) is 0.512. The summed E-state index contributed by atoms with van der Waals surface area (Å²) in [7, 11) is 1.46. The second-order valence-corrected chi connectivity index (χ2v) is 3.06. The van der Waals surface area contributed by atoms with Crippen LogP contribution in [0.15, 0.2) is 0 Å². The lowest BCUT2D eigenvalue weighted by Gasteiger charge is -2.31. The molecule has 2 saturated heterocycles. The van der Waals surface area contributed by atoms with Crippen LogP contribution in [0.2, 0.25) is 0 Å². The van der Waals surface area contributed by atoms with Gasteiger partial charge in [0.25, 0.3) is 0 Å². The average Bonchev–Trinajstić information content (AvgIpc) is 2.44. The molecule has 3 rings (SSSR count). The predicted octanol–water partition coefficient (Wildman–Crippen LogP) is -0.233. The van der Waals surface area contributed by atoms with E-state index in [-0.39, 0.29) is 11.9 Å². The maximum Gasteiger partial charge on any atom is 0.310 e. The van der Waals surface area contributed by atoms with Gasteiger partial charge in [0, 0.05) is 6.04 Å². The number of ether oxygens (including phenoxy) is 1. The standard InChI is InChI=1S/C7H11NO2/c1-10-7(9)6-4-2-5(6)8-3-4/h4-6,8H,2-3H2,1H3. The van der Waals surface area contributed by atoms with Gasteiger partial charge in [-0.3, -0.25) is 4.79 Å². The Morgan fingerprint density at radius 1 is 1.70 bits per heavy atom. The Morgan fingerprint density at radius 3 is 2.90 bits per heavy atom. The minimum atomic E-state index is -0.0359. The summed E-state index contributed by atoms with van der Waals surface area (Å²) in [6.07, 6.45) is 1.17. The molecule has 3 fully saturated rings. The van der Waals surface area contributed by atoms with Crippen molar-refractivity contribution < 1.29 is 9.53 Å². The maximum atomic E-state index is 11.0. The number of rotatable bonds is 1. The van der Waals surface area contributed by atoms with Gasteiger partial charge in [-0.25, -0.2) is 0 Å². The Kier molecular flexibility index (Phi) is 1.20. The normalized spacial score (nSPS) is 42.7. The molecule has 1 saturated carbocycles. The van der Waals surface area contributed by atoms with Crippen LogP contribution in [-0.2, 0) is 9.53 Å². The molecule has 0 spiro atoms. The van der Waals surface area contributed by atoms with Crippen molar-refractivity contribution in [1.29, 1.82) is 0 Å². The van der Waals surface area contributed by atoms with Gasteiger partial charge in [-0.05, 0) is 18.9 Å². The summed E-state index contributed by atoms with van der Waals surface area (Å²) in [5.41, 5.74) is 0. The Balaban J connectivity index is 2.02. The van der Waals surface area contributed by atoms with Crippen LogP contribution < -0.4 is 5.32 Å². The molecular formula is C7H11NO2. The molecule has 2 aliphatic heterocycles. The van der Waals surface area contributed by atoms with Crippen LogP contribution in [0.1, 0.15) is 6.42 Å². The van der Waals surface area contributed by atoms with Gasteiger partial charge >= 0.3 is 5.97 Å². The number of carbonyl (C=O) groups excluding carboxylic acids is 1. The highest BCUT2D eigenvalue weighted by atomic mass is 16.5. The van der Waals surface area contributed by atoms with E-state index in [0.717, 1.165) is 6.54 Å². The molecule has 0 aromatic carbocycles. The van der Waals surface area contributed by atoms with E-state index in [0.29, 0.717) is 12.0 Å². The SMILES string of the molecule is COC(=O)C1C2CNC1C2. The molecule has 3 unspecified atom stereocenters. The summed E-state index contributed by atoms with van der Waals surface area (Å²) in [5.74, 6) is 0.702. The van der Waals surface area contributed by atoms with E-state index in [9.17, 15) is 4.79 Å². The Morgan fingerprint density at radius 2 is 2.50 bits per heavy atom. The molecule has 2 heterocycles. The smallest absolute Gasteiger partial charge is 0.310 e. The lowest BCUT2D eigenvalue weighted by atomic mass is 9.74. The van der Waals surface area contributed by atoms with Crippen molar-refractivity contribution in [2.75, 3.05) is 13.7 Å². The third kappa shape index (κ3) is 0.611. The van der Waals surface area contributed by atoms with E-state index in [2.05, 4.69) is 10.1 Å².